The van der Waals surface area contributed by atoms with Crippen molar-refractivity contribution >= 4 is 38.3 Å². The van der Waals surface area contributed by atoms with Gasteiger partial charge in [-0.2, -0.15) is 5.26 Å². The van der Waals surface area contributed by atoms with E-state index in [0.717, 1.165) is 21.2 Å². The standard InChI is InChI=1S/C21H16BrN3OS/c1-21(19(26)25-20-24-7-8-27-20)11-15-6-5-13(12-23)9-17(15)18(21)14-3-2-4-16(22)10-14/h2-10,18H,11H2,1H3,(H,24,25,26)/t18-,21+/m1/s1. The Morgan fingerprint density at radius 2 is 2.22 bits per heavy atom. The first kappa shape index (κ1) is 17.9. The van der Waals surface area contributed by atoms with Gasteiger partial charge in [0.2, 0.25) is 5.91 Å². The lowest BCUT2D eigenvalue weighted by Gasteiger charge is -2.31. The molecule has 6 heteroatoms. The molecule has 0 saturated carbocycles. The van der Waals surface area contributed by atoms with Gasteiger partial charge in [0.1, 0.15) is 0 Å². The van der Waals surface area contributed by atoms with Crippen molar-refractivity contribution in [1.29, 1.82) is 5.26 Å². The molecule has 0 spiro atoms. The Kier molecular flexibility index (Phi) is 4.58. The van der Waals surface area contributed by atoms with Crippen LogP contribution in [0, 0.1) is 16.7 Å². The number of amides is 1. The summed E-state index contributed by atoms with van der Waals surface area (Å²) in [6, 6.07) is 16.0. The molecule has 134 valence electrons. The zero-order valence-electron chi connectivity index (χ0n) is 14.6. The molecule has 0 fully saturated rings. The molecule has 0 unspecified atom stereocenters. The molecule has 0 bridgehead atoms. The zero-order chi connectivity index (χ0) is 19.0. The fourth-order valence-electron chi connectivity index (χ4n) is 3.91. The maximum absolute atomic E-state index is 13.3. The van der Waals surface area contributed by atoms with Gasteiger partial charge in [-0.1, -0.05) is 34.1 Å². The molecular formula is C21H16BrN3OS. The highest BCUT2D eigenvalue weighted by molar-refractivity contribution is 9.10. The number of nitrogens with zero attached hydrogens (tertiary/aromatic N) is 2. The quantitative estimate of drug-likeness (QED) is 0.618. The minimum absolute atomic E-state index is 0.0582. The Bertz CT molecular complexity index is 1060. The van der Waals surface area contributed by atoms with Gasteiger partial charge in [0, 0.05) is 22.0 Å². The lowest BCUT2D eigenvalue weighted by atomic mass is 9.73. The topological polar surface area (TPSA) is 65.8 Å². The third kappa shape index (κ3) is 3.18. The third-order valence-corrected chi connectivity index (χ3v) is 6.32. The van der Waals surface area contributed by atoms with E-state index in [2.05, 4.69) is 32.3 Å². The van der Waals surface area contributed by atoms with Crippen LogP contribution >= 0.6 is 27.3 Å². The number of hydrogen-bond donors (Lipinski definition) is 1. The van der Waals surface area contributed by atoms with Crippen molar-refractivity contribution in [3.8, 4) is 6.07 Å². The number of rotatable bonds is 3. The molecule has 4 nitrogen and oxygen atoms in total. The first-order chi connectivity index (χ1) is 13.0. The number of halogens is 1. The molecule has 1 aliphatic rings. The third-order valence-electron chi connectivity index (χ3n) is 5.13. The van der Waals surface area contributed by atoms with E-state index in [-0.39, 0.29) is 11.8 Å². The maximum Gasteiger partial charge on any atom is 0.233 e. The number of aromatic nitrogens is 1. The van der Waals surface area contributed by atoms with Crippen molar-refractivity contribution in [2.75, 3.05) is 5.32 Å². The second kappa shape index (κ2) is 6.91. The average Bonchev–Trinajstić information content (AvgIpc) is 3.26. The van der Waals surface area contributed by atoms with E-state index in [0.29, 0.717) is 17.1 Å². The summed E-state index contributed by atoms with van der Waals surface area (Å²) < 4.78 is 0.965. The van der Waals surface area contributed by atoms with Gasteiger partial charge in [0.05, 0.1) is 17.0 Å². The highest BCUT2D eigenvalue weighted by Crippen LogP contribution is 2.51. The lowest BCUT2D eigenvalue weighted by Crippen LogP contribution is -2.37. The first-order valence-corrected chi connectivity index (χ1v) is 10.2. The minimum atomic E-state index is -0.678. The molecule has 2 aromatic carbocycles. The highest BCUT2D eigenvalue weighted by Gasteiger charge is 2.49. The highest BCUT2D eigenvalue weighted by atomic mass is 79.9. The van der Waals surface area contributed by atoms with Crippen LogP contribution in [0.25, 0.3) is 0 Å². The Morgan fingerprint density at radius 1 is 1.37 bits per heavy atom. The Hall–Kier alpha value is -2.49. The average molecular weight is 438 g/mol. The van der Waals surface area contributed by atoms with Crippen molar-refractivity contribution < 1.29 is 4.79 Å². The monoisotopic (exact) mass is 437 g/mol. The molecule has 1 aromatic heterocycles. The molecule has 1 aliphatic carbocycles. The summed E-state index contributed by atoms with van der Waals surface area (Å²) in [5, 5.41) is 14.8. The number of carbonyl (C=O) groups excluding carboxylic acids is 1. The van der Waals surface area contributed by atoms with Gasteiger partial charge in [-0.25, -0.2) is 4.98 Å². The Labute approximate surface area is 170 Å². The zero-order valence-corrected chi connectivity index (χ0v) is 17.0. The predicted octanol–water partition coefficient (Wildman–Crippen LogP) is 5.11. The molecule has 0 aliphatic heterocycles. The smallest absolute Gasteiger partial charge is 0.233 e. The predicted molar refractivity (Wildman–Crippen MR) is 110 cm³/mol. The van der Waals surface area contributed by atoms with Crippen LogP contribution in [0.3, 0.4) is 0 Å². The van der Waals surface area contributed by atoms with Crippen LogP contribution in [0.5, 0.6) is 0 Å². The van der Waals surface area contributed by atoms with Gasteiger partial charge in [-0.3, -0.25) is 4.79 Å². The van der Waals surface area contributed by atoms with Gasteiger partial charge in [0.15, 0.2) is 5.13 Å². The van der Waals surface area contributed by atoms with E-state index in [1.165, 1.54) is 11.3 Å². The second-order valence-corrected chi connectivity index (χ2v) is 8.71. The van der Waals surface area contributed by atoms with Gasteiger partial charge in [-0.05, 0) is 54.3 Å². The summed E-state index contributed by atoms with van der Waals surface area (Å²) in [6.45, 7) is 1.99. The van der Waals surface area contributed by atoms with Crippen molar-refractivity contribution in [2.45, 2.75) is 19.3 Å². The van der Waals surface area contributed by atoms with Gasteiger partial charge < -0.3 is 5.32 Å². The number of benzene rings is 2. The SMILES string of the molecule is C[C@]1(C(=O)Nc2nccs2)Cc2ccc(C#N)cc2[C@H]1c1cccc(Br)c1. The van der Waals surface area contributed by atoms with E-state index >= 15 is 0 Å². The minimum Gasteiger partial charge on any atom is -0.301 e. The van der Waals surface area contributed by atoms with Crippen LogP contribution in [0.1, 0.15) is 35.1 Å². The lowest BCUT2D eigenvalue weighted by molar-refractivity contribution is -0.125. The number of carbonyl (C=O) groups is 1. The number of nitrogens with one attached hydrogen (secondary N) is 1. The molecule has 4 rings (SSSR count). The normalized spacial score (nSPS) is 20.7. The largest absolute Gasteiger partial charge is 0.301 e. The van der Waals surface area contributed by atoms with E-state index in [1.807, 2.05) is 54.8 Å². The van der Waals surface area contributed by atoms with Crippen molar-refractivity contribution in [3.05, 3.63) is 80.8 Å². The van der Waals surface area contributed by atoms with Crippen molar-refractivity contribution in [3.63, 3.8) is 0 Å². The number of thiazole rings is 1. The van der Waals surface area contributed by atoms with Gasteiger partial charge >= 0.3 is 0 Å². The van der Waals surface area contributed by atoms with E-state index in [4.69, 9.17) is 0 Å². The van der Waals surface area contributed by atoms with Crippen LogP contribution < -0.4 is 5.32 Å². The molecule has 1 N–H and O–H groups in total. The van der Waals surface area contributed by atoms with Crippen LogP contribution in [0.2, 0.25) is 0 Å². The van der Waals surface area contributed by atoms with Crippen LogP contribution in [0.15, 0.2) is 58.5 Å². The van der Waals surface area contributed by atoms with Gasteiger partial charge in [0.25, 0.3) is 0 Å². The van der Waals surface area contributed by atoms with Crippen LogP contribution in [0.4, 0.5) is 5.13 Å². The fraction of sp³-hybridized carbons (Fsp3) is 0.190. The van der Waals surface area contributed by atoms with E-state index in [9.17, 15) is 10.1 Å². The summed E-state index contributed by atoms with van der Waals surface area (Å²) in [5.41, 5.74) is 3.14. The van der Waals surface area contributed by atoms with Crippen molar-refractivity contribution in [1.82, 2.24) is 4.98 Å². The Balaban J connectivity index is 1.83. The Morgan fingerprint density at radius 3 is 2.93 bits per heavy atom. The number of fused-ring (bicyclic) bond motifs is 1. The molecule has 27 heavy (non-hydrogen) atoms. The van der Waals surface area contributed by atoms with Gasteiger partial charge in [-0.15, -0.1) is 11.3 Å². The van der Waals surface area contributed by atoms with E-state index < -0.39 is 5.41 Å². The molecule has 1 amide bonds. The summed E-state index contributed by atoms with van der Waals surface area (Å²) >= 11 is 4.94. The molecule has 0 radical (unpaired) electrons. The summed E-state index contributed by atoms with van der Waals surface area (Å²) in [7, 11) is 0. The summed E-state index contributed by atoms with van der Waals surface area (Å²) in [6.07, 6.45) is 2.29. The van der Waals surface area contributed by atoms with E-state index in [1.54, 1.807) is 6.20 Å². The molecule has 0 saturated heterocycles. The summed E-state index contributed by atoms with van der Waals surface area (Å²) in [5.74, 6) is -0.199. The number of anilines is 1. The molecular weight excluding hydrogens is 422 g/mol. The molecule has 1 heterocycles. The first-order valence-electron chi connectivity index (χ1n) is 8.50. The fourth-order valence-corrected chi connectivity index (χ4v) is 4.85. The van der Waals surface area contributed by atoms with Crippen molar-refractivity contribution in [2.24, 2.45) is 5.41 Å². The second-order valence-electron chi connectivity index (χ2n) is 6.90. The number of nitriles is 1. The number of hydrogen-bond acceptors (Lipinski definition) is 4. The molecule has 3 aromatic rings. The summed E-state index contributed by atoms with van der Waals surface area (Å²) in [4.78, 5) is 17.5. The van der Waals surface area contributed by atoms with Crippen LogP contribution in [-0.4, -0.2) is 10.9 Å². The molecule has 2 atom stereocenters. The maximum atomic E-state index is 13.3. The van der Waals surface area contributed by atoms with Crippen LogP contribution in [-0.2, 0) is 11.2 Å².